The lowest BCUT2D eigenvalue weighted by Gasteiger charge is -2.30. The molecular weight excluding hydrogens is 549 g/mol. The van der Waals surface area contributed by atoms with Crippen LogP contribution in [0.5, 0.6) is 0 Å². The predicted octanol–water partition coefficient (Wildman–Crippen LogP) is 3.99. The molecule has 1 aliphatic heterocycles. The fourth-order valence-corrected chi connectivity index (χ4v) is 4.94. The fraction of sp³-hybridized carbons (Fsp3) is 0.370. The van der Waals surface area contributed by atoms with Crippen LogP contribution in [0, 0.1) is 0 Å². The van der Waals surface area contributed by atoms with Gasteiger partial charge in [-0.15, -0.1) is 0 Å². The number of nitrogens with zero attached hydrogens (tertiary/aromatic N) is 1. The number of rotatable bonds is 10. The van der Waals surface area contributed by atoms with Crippen LogP contribution in [0.3, 0.4) is 0 Å². The molecule has 4 N–H and O–H groups in total. The molecule has 0 aliphatic carbocycles. The number of anilines is 1. The summed E-state index contributed by atoms with van der Waals surface area (Å²) in [5.41, 5.74) is 1.16. The van der Waals surface area contributed by atoms with Crippen molar-refractivity contribution in [3.63, 3.8) is 0 Å². The van der Waals surface area contributed by atoms with E-state index in [1.54, 1.807) is 42.5 Å². The summed E-state index contributed by atoms with van der Waals surface area (Å²) >= 11 is 12.2. The number of hydrogen-bond donors (Lipinski definition) is 4. The Balaban J connectivity index is 1.66. The summed E-state index contributed by atoms with van der Waals surface area (Å²) in [4.78, 5) is 62.6. The molecule has 10 nitrogen and oxygen atoms in total. The van der Waals surface area contributed by atoms with E-state index in [2.05, 4.69) is 10.6 Å². The Hall–Kier alpha value is -3.63. The molecule has 0 spiro atoms. The van der Waals surface area contributed by atoms with E-state index >= 15 is 0 Å². The van der Waals surface area contributed by atoms with Gasteiger partial charge >= 0.3 is 11.9 Å². The van der Waals surface area contributed by atoms with Gasteiger partial charge in [0.05, 0.1) is 22.0 Å². The molecule has 3 rings (SSSR count). The number of carbonyl (C=O) groups is 5. The number of hydrogen-bond acceptors (Lipinski definition) is 5. The Morgan fingerprint density at radius 1 is 0.923 bits per heavy atom. The van der Waals surface area contributed by atoms with E-state index in [0.29, 0.717) is 37.1 Å². The zero-order chi connectivity index (χ0) is 28.5. The van der Waals surface area contributed by atoms with Gasteiger partial charge in [0.2, 0.25) is 11.8 Å². The first-order valence-corrected chi connectivity index (χ1v) is 13.2. The highest BCUT2D eigenvalue weighted by Gasteiger charge is 2.33. The van der Waals surface area contributed by atoms with Crippen molar-refractivity contribution in [2.24, 2.45) is 0 Å². The monoisotopic (exact) mass is 577 g/mol. The maximum Gasteiger partial charge on any atom is 0.326 e. The van der Waals surface area contributed by atoms with E-state index in [9.17, 15) is 29.1 Å². The molecule has 0 radical (unpaired) electrons. The predicted molar refractivity (Wildman–Crippen MR) is 145 cm³/mol. The van der Waals surface area contributed by atoms with Gasteiger partial charge in [0, 0.05) is 25.1 Å². The smallest absolute Gasteiger partial charge is 0.326 e. The van der Waals surface area contributed by atoms with Gasteiger partial charge in [-0.05, 0) is 42.7 Å². The van der Waals surface area contributed by atoms with Crippen LogP contribution in [-0.4, -0.2) is 63.4 Å². The lowest BCUT2D eigenvalue weighted by molar-refractivity contribution is -0.146. The summed E-state index contributed by atoms with van der Waals surface area (Å²) in [6, 6.07) is 9.01. The number of carboxylic acids is 2. The number of carboxylic acid groups (broad SMARTS) is 2. The largest absolute Gasteiger partial charge is 0.481 e. The van der Waals surface area contributed by atoms with Crippen molar-refractivity contribution in [3.05, 3.63) is 63.6 Å². The molecule has 12 heteroatoms. The highest BCUT2D eigenvalue weighted by molar-refractivity contribution is 6.40. The third-order valence-corrected chi connectivity index (χ3v) is 7.01. The third-order valence-electron chi connectivity index (χ3n) is 6.38. The normalized spacial score (nSPS) is 16.1. The highest BCUT2D eigenvalue weighted by atomic mass is 35.5. The van der Waals surface area contributed by atoms with E-state index < -0.39 is 41.7 Å². The van der Waals surface area contributed by atoms with Crippen molar-refractivity contribution in [1.82, 2.24) is 10.2 Å². The van der Waals surface area contributed by atoms with Crippen LogP contribution in [-0.2, 0) is 25.6 Å². The van der Waals surface area contributed by atoms with Gasteiger partial charge in [-0.2, -0.15) is 0 Å². The van der Waals surface area contributed by atoms with Gasteiger partial charge in [-0.1, -0.05) is 54.2 Å². The molecule has 0 saturated carbocycles. The van der Waals surface area contributed by atoms with Crippen molar-refractivity contribution < 1.29 is 34.2 Å². The van der Waals surface area contributed by atoms with E-state index in [-0.39, 0.29) is 34.9 Å². The first-order chi connectivity index (χ1) is 18.6. The molecule has 0 aromatic heterocycles. The van der Waals surface area contributed by atoms with Crippen LogP contribution in [0.15, 0.2) is 42.5 Å². The SMILES string of the molecule is O=C(O)CCC(=O)N1CCCCC[C@H]1C(=O)N[C@@H](Cc1ccc(NC(=O)c2c(Cl)cccc2Cl)cc1)C(=O)O. The molecule has 2 aromatic carbocycles. The fourth-order valence-electron chi connectivity index (χ4n) is 4.37. The molecule has 2 atom stereocenters. The molecule has 1 fully saturated rings. The Morgan fingerprint density at radius 2 is 1.59 bits per heavy atom. The quantitative estimate of drug-likeness (QED) is 0.333. The van der Waals surface area contributed by atoms with Crippen LogP contribution in [0.25, 0.3) is 0 Å². The first-order valence-electron chi connectivity index (χ1n) is 12.5. The van der Waals surface area contributed by atoms with E-state index in [0.717, 1.165) is 6.42 Å². The standard InChI is InChI=1S/C27H29Cl2N3O7/c28-18-5-4-6-19(29)24(18)26(37)30-17-10-8-16(9-11-17)15-20(27(38)39)31-25(36)21-7-2-1-3-14-32(21)22(33)12-13-23(34)35/h4-6,8-11,20-21H,1-3,7,12-15H2,(H,30,37)(H,31,36)(H,34,35)(H,38,39)/t20-,21-/m0/s1. The van der Waals surface area contributed by atoms with Crippen molar-refractivity contribution in [1.29, 1.82) is 0 Å². The molecule has 2 aromatic rings. The van der Waals surface area contributed by atoms with Crippen molar-refractivity contribution in [2.75, 3.05) is 11.9 Å². The number of amides is 3. The summed E-state index contributed by atoms with van der Waals surface area (Å²) in [5, 5.41) is 24.3. The zero-order valence-corrected chi connectivity index (χ0v) is 22.5. The molecule has 0 unspecified atom stereocenters. The Morgan fingerprint density at radius 3 is 2.21 bits per heavy atom. The van der Waals surface area contributed by atoms with Crippen LogP contribution >= 0.6 is 23.2 Å². The minimum absolute atomic E-state index is 0.0364. The Bertz CT molecular complexity index is 1220. The minimum Gasteiger partial charge on any atom is -0.481 e. The van der Waals surface area contributed by atoms with Crippen molar-refractivity contribution in [2.45, 2.75) is 57.0 Å². The van der Waals surface area contributed by atoms with E-state index in [1.807, 2.05) is 0 Å². The van der Waals surface area contributed by atoms with E-state index in [1.165, 1.54) is 4.90 Å². The number of benzene rings is 2. The summed E-state index contributed by atoms with van der Waals surface area (Å²) in [7, 11) is 0. The summed E-state index contributed by atoms with van der Waals surface area (Å²) < 4.78 is 0. The topological polar surface area (TPSA) is 153 Å². The lowest BCUT2D eigenvalue weighted by Crippen LogP contribution is -2.53. The lowest BCUT2D eigenvalue weighted by atomic mass is 10.0. The number of aliphatic carboxylic acids is 2. The van der Waals surface area contributed by atoms with E-state index in [4.69, 9.17) is 28.3 Å². The van der Waals surface area contributed by atoms with Gasteiger partial charge in [-0.3, -0.25) is 19.2 Å². The van der Waals surface area contributed by atoms with Crippen LogP contribution in [0.1, 0.15) is 54.4 Å². The molecule has 39 heavy (non-hydrogen) atoms. The molecular formula is C27H29Cl2N3O7. The summed E-state index contributed by atoms with van der Waals surface area (Å²) in [5.74, 6) is -3.88. The van der Waals surface area contributed by atoms with Crippen molar-refractivity contribution in [3.8, 4) is 0 Å². The Labute approximate surface area is 235 Å². The molecule has 1 aliphatic rings. The summed E-state index contributed by atoms with van der Waals surface area (Å²) in [6.07, 6.45) is 1.92. The van der Waals surface area contributed by atoms with Crippen LogP contribution < -0.4 is 10.6 Å². The number of halogens is 2. The first kappa shape index (κ1) is 29.9. The second kappa shape index (κ2) is 14.0. The average molecular weight is 578 g/mol. The molecule has 208 valence electrons. The second-order valence-electron chi connectivity index (χ2n) is 9.20. The van der Waals surface area contributed by atoms with Gasteiger partial charge in [0.15, 0.2) is 0 Å². The van der Waals surface area contributed by atoms with Gasteiger partial charge < -0.3 is 25.7 Å². The number of likely N-dealkylation sites (tertiary alicyclic amines) is 1. The molecule has 3 amide bonds. The van der Waals surface area contributed by atoms with Crippen LogP contribution in [0.2, 0.25) is 10.0 Å². The third kappa shape index (κ3) is 8.43. The van der Waals surface area contributed by atoms with Gasteiger partial charge in [0.1, 0.15) is 12.1 Å². The van der Waals surface area contributed by atoms with Gasteiger partial charge in [-0.25, -0.2) is 4.79 Å². The zero-order valence-electron chi connectivity index (χ0n) is 21.0. The van der Waals surface area contributed by atoms with Crippen LogP contribution in [0.4, 0.5) is 5.69 Å². The Kier molecular flexibility index (Phi) is 10.7. The van der Waals surface area contributed by atoms with Gasteiger partial charge in [0.25, 0.3) is 5.91 Å². The molecule has 1 heterocycles. The molecule has 0 bridgehead atoms. The summed E-state index contributed by atoms with van der Waals surface area (Å²) in [6.45, 7) is 0.306. The number of carbonyl (C=O) groups excluding carboxylic acids is 3. The maximum atomic E-state index is 13.1. The highest BCUT2D eigenvalue weighted by Crippen LogP contribution is 2.25. The second-order valence-corrected chi connectivity index (χ2v) is 10.0. The maximum absolute atomic E-state index is 13.1. The van der Waals surface area contributed by atoms with Crippen molar-refractivity contribution >= 4 is 58.5 Å². The number of nitrogens with one attached hydrogen (secondary N) is 2. The molecule has 1 saturated heterocycles. The average Bonchev–Trinajstić information content (AvgIpc) is 3.14. The minimum atomic E-state index is -1.26.